The second-order valence-electron chi connectivity index (χ2n) is 18.7. The summed E-state index contributed by atoms with van der Waals surface area (Å²) in [6, 6.07) is 9.55. The summed E-state index contributed by atoms with van der Waals surface area (Å²) in [4.78, 5) is 42.7. The van der Waals surface area contributed by atoms with Crippen LogP contribution in [0.4, 0.5) is 20.3 Å². The first-order chi connectivity index (χ1) is 30.9. The molecule has 15 nitrogen and oxygen atoms in total. The Morgan fingerprint density at radius 3 is 2.33 bits per heavy atom. The lowest BCUT2D eigenvalue weighted by Gasteiger charge is -2.35. The summed E-state index contributed by atoms with van der Waals surface area (Å²) in [6.07, 6.45) is 9.21. The van der Waals surface area contributed by atoms with Gasteiger partial charge in [-0.25, -0.2) is 18.7 Å². The highest BCUT2D eigenvalue weighted by Crippen LogP contribution is 2.52. The number of rotatable bonds is 9. The molecule has 8 heterocycles. The fourth-order valence-corrected chi connectivity index (χ4v) is 10.6. The molecule has 2 aromatic carbocycles. The van der Waals surface area contributed by atoms with Crippen molar-refractivity contribution in [3.05, 3.63) is 89.3 Å². The third-order valence-corrected chi connectivity index (χ3v) is 14.2. The molecule has 7 aromatic rings. The predicted octanol–water partition coefficient (Wildman–Crippen LogP) is 7.11. The van der Waals surface area contributed by atoms with Gasteiger partial charge in [-0.15, -0.1) is 0 Å². The van der Waals surface area contributed by atoms with E-state index in [2.05, 4.69) is 47.1 Å². The van der Waals surface area contributed by atoms with Gasteiger partial charge in [0.1, 0.15) is 29.9 Å². The molecule has 3 atom stereocenters. The number of carbonyl (C=O) groups excluding carboxylic acids is 2. The highest BCUT2D eigenvalue weighted by molar-refractivity contribution is 5.96. The Bertz CT molecular complexity index is 3070. The van der Waals surface area contributed by atoms with Crippen LogP contribution in [0.25, 0.3) is 44.5 Å². The van der Waals surface area contributed by atoms with Crippen molar-refractivity contribution in [2.24, 2.45) is 20.0 Å². The maximum Gasteiger partial charge on any atom is 0.264 e. The van der Waals surface area contributed by atoms with Gasteiger partial charge in [-0.05, 0) is 80.3 Å². The third-order valence-electron chi connectivity index (χ3n) is 14.2. The van der Waals surface area contributed by atoms with E-state index in [1.807, 2.05) is 46.5 Å². The fourth-order valence-electron chi connectivity index (χ4n) is 10.6. The predicted molar refractivity (Wildman–Crippen MR) is 235 cm³/mol. The first-order valence-electron chi connectivity index (χ1n) is 22.3. The zero-order chi connectivity index (χ0) is 43.9. The Morgan fingerprint density at radius 1 is 0.828 bits per heavy atom. The molecule has 0 spiro atoms. The second kappa shape index (κ2) is 14.2. The van der Waals surface area contributed by atoms with Crippen LogP contribution in [0.1, 0.15) is 91.1 Å². The van der Waals surface area contributed by atoms with E-state index in [-0.39, 0.29) is 29.2 Å². The number of aromatic nitrogens is 10. The van der Waals surface area contributed by atoms with Gasteiger partial charge in [-0.3, -0.25) is 23.6 Å². The molecule has 64 heavy (non-hydrogen) atoms. The van der Waals surface area contributed by atoms with Gasteiger partial charge >= 0.3 is 0 Å². The molecule has 0 bridgehead atoms. The Balaban J connectivity index is 0.909. The van der Waals surface area contributed by atoms with Crippen LogP contribution in [-0.4, -0.2) is 90.7 Å². The number of imidazole rings is 2. The number of nitrogens with zero attached hydrogens (tertiary/aromatic N) is 13. The molecule has 0 saturated heterocycles. The summed E-state index contributed by atoms with van der Waals surface area (Å²) in [5.74, 6) is 3.39. The molecule has 3 aliphatic heterocycles. The maximum atomic E-state index is 14.9. The third kappa shape index (κ3) is 6.13. The van der Waals surface area contributed by atoms with Crippen LogP contribution in [0.5, 0.6) is 0 Å². The van der Waals surface area contributed by atoms with Crippen LogP contribution in [0.2, 0.25) is 0 Å². The Kier molecular flexibility index (Phi) is 8.63. The lowest BCUT2D eigenvalue weighted by Crippen LogP contribution is -2.40. The van der Waals surface area contributed by atoms with E-state index in [9.17, 15) is 18.4 Å². The minimum atomic E-state index is -2.68. The summed E-state index contributed by atoms with van der Waals surface area (Å²) < 4.78 is 39.5. The van der Waals surface area contributed by atoms with E-state index < -0.39 is 12.5 Å². The van der Waals surface area contributed by atoms with Crippen LogP contribution < -0.4 is 4.90 Å². The van der Waals surface area contributed by atoms with Crippen molar-refractivity contribution in [3.63, 3.8) is 0 Å². The smallest absolute Gasteiger partial charge is 0.264 e. The quantitative estimate of drug-likeness (QED) is 0.150. The molecule has 5 aromatic heterocycles. The van der Waals surface area contributed by atoms with Gasteiger partial charge in [0, 0.05) is 98.8 Å². The molecule has 12 rings (SSSR count). The maximum absolute atomic E-state index is 14.9. The van der Waals surface area contributed by atoms with Crippen molar-refractivity contribution in [1.82, 2.24) is 58.2 Å². The standard InChI is InChI=1S/C47H49F2N13O2/c1-25-47(64)56(3)23-39-46(59-12-6-7-27-13-32(30-17-50-57(4)19-30)34(43(48)49)16-37(27)59)53-45(62(25)39)33-15-29(33)21-61-36-11-10-28(14-35(36)41(54-61)31-18-51-58(5)20-31)42-38-22-55(2)40(63)24-60(38)44(52-42)26-8-9-26/h10-11,13-14,16-20,25-26,29,33,43H,6-9,12,15,21-24H2,1-5H3. The van der Waals surface area contributed by atoms with Gasteiger partial charge < -0.3 is 23.8 Å². The van der Waals surface area contributed by atoms with Gasteiger partial charge in [0.2, 0.25) is 11.8 Å². The molecule has 5 aliphatic rings. The van der Waals surface area contributed by atoms with Gasteiger partial charge in [-0.2, -0.15) is 15.3 Å². The number of carbonyl (C=O) groups is 2. The topological polar surface area (TPSA) is 133 Å². The Hall–Kier alpha value is -6.65. The molecule has 0 N–H and O–H groups in total. The fraction of sp³-hybridized carbons (Fsp3) is 0.426. The first kappa shape index (κ1) is 39.0. The molecule has 2 fully saturated rings. The average molecular weight is 866 g/mol. The molecular weight excluding hydrogens is 817 g/mol. The van der Waals surface area contributed by atoms with E-state index in [4.69, 9.17) is 15.1 Å². The molecule has 2 amide bonds. The number of hydrogen-bond acceptors (Lipinski definition) is 8. The molecule has 2 aliphatic carbocycles. The van der Waals surface area contributed by atoms with Crippen LogP contribution in [0.15, 0.2) is 55.1 Å². The number of aryl methyl sites for hydroxylation is 3. The van der Waals surface area contributed by atoms with Crippen molar-refractivity contribution in [3.8, 4) is 33.6 Å². The number of amides is 2. The Labute approximate surface area is 367 Å². The number of hydrogen-bond donors (Lipinski definition) is 0. The van der Waals surface area contributed by atoms with Crippen LogP contribution in [-0.2, 0) is 56.3 Å². The highest BCUT2D eigenvalue weighted by Gasteiger charge is 2.47. The normalized spacial score (nSPS) is 20.8. The van der Waals surface area contributed by atoms with Crippen LogP contribution >= 0.6 is 0 Å². The van der Waals surface area contributed by atoms with Crippen molar-refractivity contribution in [2.45, 2.75) is 89.5 Å². The zero-order valence-electron chi connectivity index (χ0n) is 36.5. The molecule has 3 unspecified atom stereocenters. The van der Waals surface area contributed by atoms with E-state index in [1.54, 1.807) is 44.7 Å². The number of alkyl halides is 2. The number of likely N-dealkylation sites (N-methyl/N-ethyl adjacent to an activating group) is 2. The van der Waals surface area contributed by atoms with Crippen molar-refractivity contribution < 1.29 is 18.4 Å². The Morgan fingerprint density at radius 2 is 1.59 bits per heavy atom. The molecule has 17 heteroatoms. The summed E-state index contributed by atoms with van der Waals surface area (Å²) >= 11 is 0. The van der Waals surface area contributed by atoms with Crippen molar-refractivity contribution >= 4 is 34.2 Å². The second-order valence-corrected chi connectivity index (χ2v) is 18.7. The number of halogens is 2. The first-order valence-corrected chi connectivity index (χ1v) is 22.3. The number of benzene rings is 2. The summed E-state index contributed by atoms with van der Waals surface area (Å²) in [7, 11) is 7.36. The highest BCUT2D eigenvalue weighted by atomic mass is 19.3. The van der Waals surface area contributed by atoms with E-state index in [0.29, 0.717) is 49.8 Å². The van der Waals surface area contributed by atoms with Crippen LogP contribution in [0.3, 0.4) is 0 Å². The van der Waals surface area contributed by atoms with E-state index >= 15 is 0 Å². The molecule has 0 radical (unpaired) electrons. The van der Waals surface area contributed by atoms with E-state index in [1.165, 1.54) is 0 Å². The molecule has 2 saturated carbocycles. The lowest BCUT2D eigenvalue weighted by atomic mass is 9.93. The van der Waals surface area contributed by atoms with Crippen LogP contribution in [0, 0.1) is 5.92 Å². The van der Waals surface area contributed by atoms with Gasteiger partial charge in [-0.1, -0.05) is 6.07 Å². The largest absolute Gasteiger partial charge is 0.338 e. The number of fused-ring (bicyclic) bond motifs is 4. The summed E-state index contributed by atoms with van der Waals surface area (Å²) in [5.41, 5.74) is 9.52. The zero-order valence-corrected chi connectivity index (χ0v) is 36.5. The minimum absolute atomic E-state index is 0.0199. The SMILES string of the molecule is CC1C(=O)N(C)Cc2c(N3CCCc4cc(-c5cnn(C)c5)c(C(F)F)cc43)nc(C3CC3Cn3nc(-c4cnn(C)c4)c4cc(-c5nc(C6CC6)n6c5CN(C)C(=O)C6)ccc43)n21. The van der Waals surface area contributed by atoms with Crippen molar-refractivity contribution in [1.29, 1.82) is 0 Å². The van der Waals surface area contributed by atoms with Gasteiger partial charge in [0.05, 0.1) is 48.1 Å². The van der Waals surface area contributed by atoms with Crippen molar-refractivity contribution in [2.75, 3.05) is 25.5 Å². The average Bonchev–Trinajstić information content (AvgIpc) is 3.98. The number of anilines is 2. The minimum Gasteiger partial charge on any atom is -0.338 e. The molecule has 328 valence electrons. The summed E-state index contributed by atoms with van der Waals surface area (Å²) in [6.45, 7) is 4.41. The molecular formula is C47H49F2N13O2. The van der Waals surface area contributed by atoms with Gasteiger partial charge in [0.15, 0.2) is 5.82 Å². The summed E-state index contributed by atoms with van der Waals surface area (Å²) in [5, 5.41) is 15.0. The van der Waals surface area contributed by atoms with E-state index in [0.717, 1.165) is 106 Å². The monoisotopic (exact) mass is 865 g/mol. The lowest BCUT2D eigenvalue weighted by molar-refractivity contribution is -0.135. The van der Waals surface area contributed by atoms with Gasteiger partial charge in [0.25, 0.3) is 6.43 Å².